The predicted molar refractivity (Wildman–Crippen MR) is 71.2 cm³/mol. The average molecular weight is 442 g/mol. The van der Waals surface area contributed by atoms with E-state index in [2.05, 4.69) is 5.32 Å². The van der Waals surface area contributed by atoms with Gasteiger partial charge in [-0.3, -0.25) is 0 Å². The van der Waals surface area contributed by atoms with Crippen LogP contribution in [0.2, 0.25) is 0 Å². The monoisotopic (exact) mass is 442 g/mol. The van der Waals surface area contributed by atoms with Crippen LogP contribution in [0.25, 0.3) is 0 Å². The van der Waals surface area contributed by atoms with Crippen molar-refractivity contribution >= 4 is 17.9 Å². The topological polar surface area (TPSA) is 150 Å². The highest BCUT2D eigenvalue weighted by molar-refractivity contribution is 5.73. The molecular formula is C11H15F9N2O6. The number of hydrogen-bond acceptors (Lipinski definition) is 5. The average Bonchev–Trinajstić information content (AvgIpc) is 2.46. The lowest BCUT2D eigenvalue weighted by Crippen LogP contribution is -2.39. The number of piperidine rings is 1. The second kappa shape index (κ2) is 13.0. The molecule has 8 nitrogen and oxygen atoms in total. The summed E-state index contributed by atoms with van der Waals surface area (Å²) in [6.45, 7) is 2.17. The Kier molecular flexibility index (Phi) is 14.1. The lowest BCUT2D eigenvalue weighted by molar-refractivity contribution is -0.193. The number of carboxylic acids is 3. The normalized spacial score (nSPS) is 16.7. The van der Waals surface area contributed by atoms with Gasteiger partial charge in [0.1, 0.15) is 0 Å². The smallest absolute Gasteiger partial charge is 0.475 e. The highest BCUT2D eigenvalue weighted by Gasteiger charge is 2.39. The SMILES string of the molecule is NC1CCCNC1.O=C(O)C(F)(F)F.O=C(O)C(F)(F)F.O=C(O)C(F)(F)F. The predicted octanol–water partition coefficient (Wildman–Crippen LogP) is 1.60. The molecule has 0 aromatic carbocycles. The van der Waals surface area contributed by atoms with Crippen molar-refractivity contribution in [3.63, 3.8) is 0 Å². The summed E-state index contributed by atoms with van der Waals surface area (Å²) in [6.07, 6.45) is -12.8. The van der Waals surface area contributed by atoms with Crippen LogP contribution in [-0.2, 0) is 14.4 Å². The van der Waals surface area contributed by atoms with Gasteiger partial charge in [-0.05, 0) is 19.4 Å². The molecule has 0 bridgehead atoms. The van der Waals surface area contributed by atoms with Crippen LogP contribution < -0.4 is 11.1 Å². The van der Waals surface area contributed by atoms with Gasteiger partial charge in [0.2, 0.25) is 0 Å². The molecule has 0 aromatic rings. The van der Waals surface area contributed by atoms with Gasteiger partial charge >= 0.3 is 36.4 Å². The van der Waals surface area contributed by atoms with E-state index in [9.17, 15) is 39.5 Å². The summed E-state index contributed by atoms with van der Waals surface area (Å²) in [7, 11) is 0. The Labute approximate surface area is 150 Å². The maximum atomic E-state index is 10.6. The fourth-order valence-electron chi connectivity index (χ4n) is 0.879. The summed E-state index contributed by atoms with van der Waals surface area (Å²) in [4.78, 5) is 26.7. The Hall–Kier alpha value is -2.30. The molecule has 1 aliphatic heterocycles. The standard InChI is InChI=1S/C5H12N2.3C2HF3O2/c6-5-2-1-3-7-4-5;3*3-2(4,5)1(6)7/h5,7H,1-4,6H2;3*(H,6,7). The number of carbonyl (C=O) groups is 3. The number of rotatable bonds is 0. The van der Waals surface area contributed by atoms with Crippen molar-refractivity contribution in [1.29, 1.82) is 0 Å². The van der Waals surface area contributed by atoms with E-state index in [1.54, 1.807) is 0 Å². The van der Waals surface area contributed by atoms with E-state index in [4.69, 9.17) is 35.4 Å². The Balaban J connectivity index is -0.000000298. The first-order valence-electron chi connectivity index (χ1n) is 6.59. The van der Waals surface area contributed by atoms with E-state index in [0.29, 0.717) is 6.04 Å². The van der Waals surface area contributed by atoms with Crippen molar-refractivity contribution in [2.45, 2.75) is 37.4 Å². The van der Waals surface area contributed by atoms with Crippen molar-refractivity contribution in [2.75, 3.05) is 13.1 Å². The third-order valence-electron chi connectivity index (χ3n) is 2.06. The van der Waals surface area contributed by atoms with Crippen LogP contribution in [0.1, 0.15) is 12.8 Å². The molecule has 6 N–H and O–H groups in total. The van der Waals surface area contributed by atoms with Crippen LogP contribution in [0, 0.1) is 0 Å². The van der Waals surface area contributed by atoms with E-state index < -0.39 is 36.4 Å². The molecule has 0 aliphatic carbocycles. The zero-order valence-electron chi connectivity index (χ0n) is 13.5. The minimum absolute atomic E-state index is 0.425. The number of halogens is 9. The maximum absolute atomic E-state index is 10.6. The molecular weight excluding hydrogens is 427 g/mol. The molecule has 0 saturated carbocycles. The van der Waals surface area contributed by atoms with Gasteiger partial charge in [0, 0.05) is 12.6 Å². The van der Waals surface area contributed by atoms with Crippen LogP contribution in [0.4, 0.5) is 39.5 Å². The van der Waals surface area contributed by atoms with Gasteiger partial charge in [-0.1, -0.05) is 0 Å². The maximum Gasteiger partial charge on any atom is 0.490 e. The van der Waals surface area contributed by atoms with Gasteiger partial charge in [-0.2, -0.15) is 39.5 Å². The summed E-state index contributed by atoms with van der Waals surface area (Å²) in [5.74, 6) is -8.27. The number of nitrogens with one attached hydrogen (secondary N) is 1. The summed E-state index contributed by atoms with van der Waals surface area (Å²) in [5.41, 5.74) is 5.57. The van der Waals surface area contributed by atoms with E-state index in [0.717, 1.165) is 13.1 Å². The number of alkyl halides is 9. The Morgan fingerprint density at radius 1 is 0.750 bits per heavy atom. The summed E-state index contributed by atoms with van der Waals surface area (Å²) < 4.78 is 95.2. The van der Waals surface area contributed by atoms with Crippen LogP contribution in [0.5, 0.6) is 0 Å². The molecule has 1 unspecified atom stereocenters. The second-order valence-electron chi connectivity index (χ2n) is 4.52. The molecule has 1 fully saturated rings. The van der Waals surface area contributed by atoms with Gasteiger partial charge in [0.05, 0.1) is 0 Å². The molecule has 0 radical (unpaired) electrons. The van der Waals surface area contributed by atoms with E-state index in [1.165, 1.54) is 12.8 Å². The van der Waals surface area contributed by atoms with Gasteiger partial charge < -0.3 is 26.4 Å². The first kappa shape index (κ1) is 30.4. The largest absolute Gasteiger partial charge is 0.490 e. The zero-order valence-corrected chi connectivity index (χ0v) is 13.5. The van der Waals surface area contributed by atoms with Crippen LogP contribution in [-0.4, -0.2) is 70.9 Å². The van der Waals surface area contributed by atoms with Crippen molar-refractivity contribution in [3.8, 4) is 0 Å². The molecule has 0 amide bonds. The van der Waals surface area contributed by atoms with Crippen molar-refractivity contribution in [3.05, 3.63) is 0 Å². The first-order valence-corrected chi connectivity index (χ1v) is 6.59. The van der Waals surface area contributed by atoms with Crippen LogP contribution >= 0.6 is 0 Å². The Morgan fingerprint density at radius 2 is 1.00 bits per heavy atom. The molecule has 1 saturated heterocycles. The Bertz CT molecular complexity index is 427. The quantitative estimate of drug-likeness (QED) is 0.355. The van der Waals surface area contributed by atoms with Crippen molar-refractivity contribution < 1.29 is 69.2 Å². The zero-order chi connectivity index (χ0) is 23.3. The first-order chi connectivity index (χ1) is 12.2. The third-order valence-corrected chi connectivity index (χ3v) is 2.06. The highest BCUT2D eigenvalue weighted by Crippen LogP contribution is 2.14. The minimum atomic E-state index is -5.08. The van der Waals surface area contributed by atoms with Gasteiger partial charge in [0.25, 0.3) is 0 Å². The lowest BCUT2D eigenvalue weighted by atomic mass is 10.1. The lowest BCUT2D eigenvalue weighted by Gasteiger charge is -2.17. The molecule has 1 heterocycles. The molecule has 1 aliphatic rings. The fraction of sp³-hybridized carbons (Fsp3) is 0.727. The van der Waals surface area contributed by atoms with E-state index in [1.807, 2.05) is 0 Å². The molecule has 17 heteroatoms. The Morgan fingerprint density at radius 3 is 1.07 bits per heavy atom. The molecule has 168 valence electrons. The molecule has 1 rings (SSSR count). The van der Waals surface area contributed by atoms with Gasteiger partial charge in [-0.15, -0.1) is 0 Å². The fourth-order valence-corrected chi connectivity index (χ4v) is 0.879. The van der Waals surface area contributed by atoms with E-state index in [-0.39, 0.29) is 0 Å². The minimum Gasteiger partial charge on any atom is -0.475 e. The molecule has 28 heavy (non-hydrogen) atoms. The number of aliphatic carboxylic acids is 3. The number of hydrogen-bond donors (Lipinski definition) is 5. The summed E-state index contributed by atoms with van der Waals surface area (Å²) in [6, 6.07) is 0.425. The number of nitrogens with two attached hydrogens (primary N) is 1. The van der Waals surface area contributed by atoms with Crippen molar-refractivity contribution in [2.24, 2.45) is 5.73 Å². The van der Waals surface area contributed by atoms with Crippen LogP contribution in [0.15, 0.2) is 0 Å². The highest BCUT2D eigenvalue weighted by atomic mass is 19.4. The second-order valence-corrected chi connectivity index (χ2v) is 4.52. The molecule has 0 spiro atoms. The third kappa shape index (κ3) is 21.7. The van der Waals surface area contributed by atoms with Crippen LogP contribution in [0.3, 0.4) is 0 Å². The van der Waals surface area contributed by atoms with E-state index >= 15 is 0 Å². The van der Waals surface area contributed by atoms with Gasteiger partial charge in [-0.25, -0.2) is 14.4 Å². The van der Waals surface area contributed by atoms with Gasteiger partial charge in [0.15, 0.2) is 0 Å². The molecule has 0 aromatic heterocycles. The number of carboxylic acid groups (broad SMARTS) is 3. The summed E-state index contributed by atoms with van der Waals surface area (Å²) in [5, 5.41) is 24.6. The summed E-state index contributed by atoms with van der Waals surface area (Å²) >= 11 is 0. The van der Waals surface area contributed by atoms with Crippen molar-refractivity contribution in [1.82, 2.24) is 5.32 Å². The molecule has 1 atom stereocenters.